The monoisotopic (exact) mass is 336 g/mol. The Morgan fingerprint density at radius 1 is 1.17 bits per heavy atom. The van der Waals surface area contributed by atoms with Gasteiger partial charge in [-0.1, -0.05) is 37.5 Å². The second kappa shape index (κ2) is 8.82. The van der Waals surface area contributed by atoms with Gasteiger partial charge < -0.3 is 11.1 Å². The normalized spacial score (nSPS) is 18.1. The van der Waals surface area contributed by atoms with Crippen LogP contribution in [0.15, 0.2) is 35.2 Å². The molecule has 23 heavy (non-hydrogen) atoms. The third kappa shape index (κ3) is 5.46. The first kappa shape index (κ1) is 17.7. The third-order valence-corrected chi connectivity index (χ3v) is 5.64. The van der Waals surface area contributed by atoms with Gasteiger partial charge in [0.05, 0.1) is 10.8 Å². The van der Waals surface area contributed by atoms with E-state index in [2.05, 4.69) is 5.32 Å². The number of primary amides is 1. The van der Waals surface area contributed by atoms with E-state index in [1.165, 1.54) is 6.42 Å². The van der Waals surface area contributed by atoms with Crippen LogP contribution in [0.3, 0.4) is 0 Å². The Hall–Kier alpha value is -1.69. The molecule has 0 spiro atoms. The fraction of sp³-hybridized carbons (Fsp3) is 0.529. The fourth-order valence-corrected chi connectivity index (χ4v) is 4.00. The van der Waals surface area contributed by atoms with E-state index in [4.69, 9.17) is 5.73 Å². The molecule has 0 unspecified atom stereocenters. The number of benzene rings is 1. The van der Waals surface area contributed by atoms with Gasteiger partial charge in [-0.15, -0.1) is 0 Å². The Morgan fingerprint density at radius 2 is 1.83 bits per heavy atom. The van der Waals surface area contributed by atoms with Crippen LogP contribution in [0.4, 0.5) is 0 Å². The summed E-state index contributed by atoms with van der Waals surface area (Å²) in [5.41, 5.74) is 5.39. The molecule has 6 heteroatoms. The van der Waals surface area contributed by atoms with Crippen molar-refractivity contribution in [3.63, 3.8) is 0 Å². The predicted molar refractivity (Wildman–Crippen MR) is 90.0 cm³/mol. The molecule has 1 aliphatic carbocycles. The molecule has 0 aromatic heterocycles. The molecule has 0 saturated heterocycles. The summed E-state index contributed by atoms with van der Waals surface area (Å²) in [6.45, 7) is 0. The van der Waals surface area contributed by atoms with Crippen LogP contribution >= 0.6 is 0 Å². The molecule has 5 nitrogen and oxygen atoms in total. The van der Waals surface area contributed by atoms with Gasteiger partial charge in [-0.2, -0.15) is 0 Å². The molecule has 0 bridgehead atoms. The summed E-state index contributed by atoms with van der Waals surface area (Å²) >= 11 is 0. The highest BCUT2D eigenvalue weighted by Gasteiger charge is 2.25. The van der Waals surface area contributed by atoms with Crippen LogP contribution in [0.1, 0.15) is 38.5 Å². The zero-order chi connectivity index (χ0) is 16.7. The molecule has 126 valence electrons. The molecule has 3 N–H and O–H groups in total. The second-order valence-corrected chi connectivity index (χ2v) is 7.52. The van der Waals surface area contributed by atoms with E-state index in [1.807, 2.05) is 18.2 Å². The summed E-state index contributed by atoms with van der Waals surface area (Å²) in [7, 11) is -1.20. The molecule has 2 amide bonds. The molecule has 1 aromatic rings. The number of hydrogen-bond acceptors (Lipinski definition) is 3. The minimum absolute atomic E-state index is 0.0229. The van der Waals surface area contributed by atoms with E-state index < -0.39 is 22.7 Å². The standard InChI is InChI=1S/C17H24N2O3S/c18-16(20)15(19-17(21)13-7-3-1-4-8-13)11-12-23(22)14-9-5-2-6-10-14/h2,5-6,9-10,13,15H,1,3-4,7-8,11-12H2,(H2,18,20)(H,19,21)/t15-,23+/m1/s1. The smallest absolute Gasteiger partial charge is 0.240 e. The average molecular weight is 336 g/mol. The second-order valence-electron chi connectivity index (χ2n) is 5.95. The summed E-state index contributed by atoms with van der Waals surface area (Å²) in [5.74, 6) is -0.397. The van der Waals surface area contributed by atoms with Crippen molar-refractivity contribution in [2.24, 2.45) is 11.7 Å². The van der Waals surface area contributed by atoms with Crippen LogP contribution in [0.5, 0.6) is 0 Å². The van der Waals surface area contributed by atoms with E-state index in [0.717, 1.165) is 25.7 Å². The van der Waals surface area contributed by atoms with Gasteiger partial charge in [-0.25, -0.2) is 0 Å². The zero-order valence-corrected chi connectivity index (χ0v) is 14.0. The third-order valence-electron chi connectivity index (χ3n) is 4.23. The SMILES string of the molecule is NC(=O)[C@@H](CC[S@](=O)c1ccccc1)NC(=O)C1CCCCC1. The highest BCUT2D eigenvalue weighted by atomic mass is 32.2. The molecular weight excluding hydrogens is 312 g/mol. The topological polar surface area (TPSA) is 89.3 Å². The lowest BCUT2D eigenvalue weighted by Crippen LogP contribution is -2.47. The summed E-state index contributed by atoms with van der Waals surface area (Å²) in [6.07, 6.45) is 5.30. The molecule has 1 fully saturated rings. The Labute approximate surface area is 139 Å². The van der Waals surface area contributed by atoms with Crippen LogP contribution in [-0.2, 0) is 20.4 Å². The van der Waals surface area contributed by atoms with Crippen LogP contribution in [-0.4, -0.2) is 27.8 Å². The van der Waals surface area contributed by atoms with E-state index in [9.17, 15) is 13.8 Å². The van der Waals surface area contributed by atoms with Crippen LogP contribution in [0.25, 0.3) is 0 Å². The average Bonchev–Trinajstić information content (AvgIpc) is 2.59. The molecular formula is C17H24N2O3S. The summed E-state index contributed by atoms with van der Waals surface area (Å²) < 4.78 is 12.2. The van der Waals surface area contributed by atoms with E-state index in [0.29, 0.717) is 10.6 Å². The van der Waals surface area contributed by atoms with Crippen molar-refractivity contribution in [1.29, 1.82) is 0 Å². The molecule has 0 radical (unpaired) electrons. The number of hydrogen-bond donors (Lipinski definition) is 2. The van der Waals surface area contributed by atoms with Crippen molar-refractivity contribution in [1.82, 2.24) is 5.32 Å². The molecule has 1 saturated carbocycles. The van der Waals surface area contributed by atoms with Crippen LogP contribution < -0.4 is 11.1 Å². The lowest BCUT2D eigenvalue weighted by Gasteiger charge is -2.23. The number of carbonyl (C=O) groups is 2. The van der Waals surface area contributed by atoms with Gasteiger partial charge in [0.15, 0.2) is 0 Å². The maximum absolute atomic E-state index is 12.2. The Balaban J connectivity index is 1.87. The highest BCUT2D eigenvalue weighted by molar-refractivity contribution is 7.85. The van der Waals surface area contributed by atoms with Gasteiger partial charge >= 0.3 is 0 Å². The highest BCUT2D eigenvalue weighted by Crippen LogP contribution is 2.23. The van der Waals surface area contributed by atoms with Crippen molar-refractivity contribution in [2.75, 3.05) is 5.75 Å². The molecule has 2 atom stereocenters. The lowest BCUT2D eigenvalue weighted by atomic mass is 9.88. The maximum Gasteiger partial charge on any atom is 0.240 e. The Kier molecular flexibility index (Phi) is 6.77. The van der Waals surface area contributed by atoms with Gasteiger partial charge in [0.1, 0.15) is 6.04 Å². The first-order valence-corrected chi connectivity index (χ1v) is 9.43. The van der Waals surface area contributed by atoms with Gasteiger partial charge in [0, 0.05) is 16.6 Å². The van der Waals surface area contributed by atoms with Crippen LogP contribution in [0.2, 0.25) is 0 Å². The largest absolute Gasteiger partial charge is 0.368 e. The van der Waals surface area contributed by atoms with E-state index in [-0.39, 0.29) is 18.2 Å². The van der Waals surface area contributed by atoms with E-state index in [1.54, 1.807) is 12.1 Å². The van der Waals surface area contributed by atoms with Crippen molar-refractivity contribution in [3.8, 4) is 0 Å². The molecule has 2 rings (SSSR count). The van der Waals surface area contributed by atoms with Crippen LogP contribution in [0, 0.1) is 5.92 Å². The molecule has 1 aliphatic rings. The van der Waals surface area contributed by atoms with Gasteiger partial charge in [0.25, 0.3) is 0 Å². The van der Waals surface area contributed by atoms with Gasteiger partial charge in [0.2, 0.25) is 11.8 Å². The molecule has 1 aromatic carbocycles. The number of carbonyl (C=O) groups excluding carboxylic acids is 2. The van der Waals surface area contributed by atoms with Crippen molar-refractivity contribution in [3.05, 3.63) is 30.3 Å². The minimum Gasteiger partial charge on any atom is -0.368 e. The number of amides is 2. The summed E-state index contributed by atoms with van der Waals surface area (Å²) in [5, 5.41) is 2.75. The fourth-order valence-electron chi connectivity index (χ4n) is 2.85. The quantitative estimate of drug-likeness (QED) is 0.795. The zero-order valence-electron chi connectivity index (χ0n) is 13.2. The molecule has 0 heterocycles. The van der Waals surface area contributed by atoms with Crippen molar-refractivity contribution in [2.45, 2.75) is 49.5 Å². The minimum atomic E-state index is -1.20. The summed E-state index contributed by atoms with van der Waals surface area (Å²) in [4.78, 5) is 24.5. The predicted octanol–water partition coefficient (Wildman–Crippen LogP) is 1.73. The van der Waals surface area contributed by atoms with Crippen molar-refractivity contribution < 1.29 is 13.8 Å². The van der Waals surface area contributed by atoms with Gasteiger partial charge in [-0.05, 0) is 31.4 Å². The van der Waals surface area contributed by atoms with Gasteiger partial charge in [-0.3, -0.25) is 13.8 Å². The lowest BCUT2D eigenvalue weighted by molar-refractivity contribution is -0.130. The van der Waals surface area contributed by atoms with Crippen molar-refractivity contribution >= 4 is 22.6 Å². The molecule has 0 aliphatic heterocycles. The first-order chi connectivity index (χ1) is 11.1. The maximum atomic E-state index is 12.2. The van der Waals surface area contributed by atoms with E-state index >= 15 is 0 Å². The number of nitrogens with one attached hydrogen (secondary N) is 1. The summed E-state index contributed by atoms with van der Waals surface area (Å²) in [6, 6.07) is 8.33. The first-order valence-electron chi connectivity index (χ1n) is 8.11. The number of nitrogens with two attached hydrogens (primary N) is 1. The number of rotatable bonds is 7. The Bertz CT molecular complexity index is 556. The Morgan fingerprint density at radius 3 is 2.43 bits per heavy atom.